The Morgan fingerprint density at radius 2 is 1.90 bits per heavy atom. The number of nitrogens with one attached hydrogen (secondary N) is 1. The van der Waals surface area contributed by atoms with E-state index < -0.39 is 6.23 Å². The Kier molecular flexibility index (Phi) is 5.93. The smallest absolute Gasteiger partial charge is 0.260 e. The van der Waals surface area contributed by atoms with E-state index >= 15 is 0 Å². The van der Waals surface area contributed by atoms with Gasteiger partial charge in [-0.15, -0.1) is 0 Å². The molecule has 1 aliphatic carbocycles. The number of carbonyl (C=O) groups excluding carboxylic acids is 1. The second-order valence-corrected chi connectivity index (χ2v) is 8.43. The predicted octanol–water partition coefficient (Wildman–Crippen LogP) is 5.29. The van der Waals surface area contributed by atoms with Crippen molar-refractivity contribution in [3.05, 3.63) is 75.2 Å². The zero-order valence-corrected chi connectivity index (χ0v) is 17.7. The molecule has 30 heavy (non-hydrogen) atoms. The number of benzene rings is 2. The van der Waals surface area contributed by atoms with E-state index in [1.165, 1.54) is 11.0 Å². The number of hydrogen-bond acceptors (Lipinski definition) is 3. The minimum absolute atomic E-state index is 0.102. The summed E-state index contributed by atoms with van der Waals surface area (Å²) in [5.41, 5.74) is 1.63. The van der Waals surface area contributed by atoms with Crippen LogP contribution in [0.3, 0.4) is 0 Å². The number of aryl methyl sites for hydroxylation is 1. The van der Waals surface area contributed by atoms with Gasteiger partial charge in [0.15, 0.2) is 0 Å². The lowest BCUT2D eigenvalue weighted by Crippen LogP contribution is -2.30. The van der Waals surface area contributed by atoms with Gasteiger partial charge in [0.1, 0.15) is 6.23 Å². The van der Waals surface area contributed by atoms with Crippen LogP contribution in [0.1, 0.15) is 54.3 Å². The lowest BCUT2D eigenvalue weighted by molar-refractivity contribution is 0.0210. The van der Waals surface area contributed by atoms with Crippen LogP contribution in [0.5, 0.6) is 0 Å². The molecule has 2 aromatic carbocycles. The molecule has 0 bridgehead atoms. The van der Waals surface area contributed by atoms with E-state index in [1.807, 2.05) is 6.92 Å². The highest BCUT2D eigenvalue weighted by molar-refractivity contribution is 6.31. The first-order chi connectivity index (χ1) is 14.5. The Balaban J connectivity index is 1.65. The molecule has 4 rings (SSSR count). The van der Waals surface area contributed by atoms with E-state index in [9.17, 15) is 14.7 Å². The summed E-state index contributed by atoms with van der Waals surface area (Å²) < 4.78 is 1.42. The van der Waals surface area contributed by atoms with Gasteiger partial charge >= 0.3 is 0 Å². The van der Waals surface area contributed by atoms with Crippen LogP contribution >= 0.6 is 11.6 Å². The first kappa shape index (κ1) is 20.6. The van der Waals surface area contributed by atoms with Crippen molar-refractivity contribution in [2.75, 3.05) is 5.32 Å². The summed E-state index contributed by atoms with van der Waals surface area (Å²) in [4.78, 5) is 25.8. The van der Waals surface area contributed by atoms with Gasteiger partial charge in [-0.1, -0.05) is 36.9 Å². The third-order valence-electron chi connectivity index (χ3n) is 6.00. The Morgan fingerprint density at radius 3 is 2.63 bits per heavy atom. The molecule has 1 atom stereocenters. The second-order valence-electron chi connectivity index (χ2n) is 8.02. The lowest BCUT2D eigenvalue weighted by atomic mass is 9.88. The third kappa shape index (κ3) is 4.00. The predicted molar refractivity (Wildman–Crippen MR) is 120 cm³/mol. The molecule has 2 N–H and O–H groups in total. The van der Waals surface area contributed by atoms with Crippen molar-refractivity contribution >= 4 is 34.0 Å². The third-order valence-corrected chi connectivity index (χ3v) is 6.42. The fourth-order valence-electron chi connectivity index (χ4n) is 4.25. The molecule has 1 aromatic heterocycles. The highest BCUT2D eigenvalue weighted by Crippen LogP contribution is 2.31. The number of aliphatic hydroxyl groups is 1. The number of halogens is 1. The highest BCUT2D eigenvalue weighted by atomic mass is 35.5. The minimum Gasteiger partial charge on any atom is -0.373 e. The molecule has 156 valence electrons. The molecule has 0 aliphatic heterocycles. The van der Waals surface area contributed by atoms with Crippen LogP contribution in [-0.4, -0.2) is 15.6 Å². The largest absolute Gasteiger partial charge is 0.373 e. The van der Waals surface area contributed by atoms with Crippen molar-refractivity contribution in [2.45, 2.75) is 45.3 Å². The Bertz CT molecular complexity index is 1150. The summed E-state index contributed by atoms with van der Waals surface area (Å²) in [5.74, 6) is -0.168. The van der Waals surface area contributed by atoms with Gasteiger partial charge in [0.05, 0.1) is 0 Å². The number of aliphatic hydroxyl groups excluding tert-OH is 1. The van der Waals surface area contributed by atoms with Crippen molar-refractivity contribution < 1.29 is 9.90 Å². The quantitative estimate of drug-likeness (QED) is 0.598. The van der Waals surface area contributed by atoms with Gasteiger partial charge in [-0.3, -0.25) is 14.2 Å². The average Bonchev–Trinajstić information content (AvgIpc) is 2.76. The SMILES string of the molecule is Cc1cc(C(=O)Nc2cccc3c(=O)n(C(O)C4CCCCC4)ccc23)ccc1Cl. The van der Waals surface area contributed by atoms with Crippen LogP contribution in [-0.2, 0) is 0 Å². The number of rotatable bonds is 4. The summed E-state index contributed by atoms with van der Waals surface area (Å²) >= 11 is 6.05. The molecule has 3 aromatic rings. The van der Waals surface area contributed by atoms with E-state index in [1.54, 1.807) is 48.7 Å². The number of hydrogen-bond donors (Lipinski definition) is 2. The molecule has 5 nitrogen and oxygen atoms in total. The maximum atomic E-state index is 13.1. The number of anilines is 1. The summed E-state index contributed by atoms with van der Waals surface area (Å²) in [7, 11) is 0. The van der Waals surface area contributed by atoms with Crippen molar-refractivity contribution in [2.24, 2.45) is 5.92 Å². The average molecular weight is 425 g/mol. The Morgan fingerprint density at radius 1 is 1.13 bits per heavy atom. The van der Waals surface area contributed by atoms with E-state index in [0.29, 0.717) is 27.0 Å². The molecular weight excluding hydrogens is 400 g/mol. The lowest BCUT2D eigenvalue weighted by Gasteiger charge is -2.28. The van der Waals surface area contributed by atoms with Gasteiger partial charge in [-0.25, -0.2) is 0 Å². The number of nitrogens with zero attached hydrogens (tertiary/aromatic N) is 1. The molecule has 1 aliphatic rings. The molecule has 1 unspecified atom stereocenters. The van der Waals surface area contributed by atoms with Crippen molar-refractivity contribution in [3.8, 4) is 0 Å². The highest BCUT2D eigenvalue weighted by Gasteiger charge is 2.24. The molecule has 1 amide bonds. The Labute approximate surface area is 180 Å². The topological polar surface area (TPSA) is 71.3 Å². The second kappa shape index (κ2) is 8.62. The molecule has 1 saturated carbocycles. The maximum absolute atomic E-state index is 13.1. The summed E-state index contributed by atoms with van der Waals surface area (Å²) in [6.45, 7) is 1.84. The van der Waals surface area contributed by atoms with Crippen LogP contribution in [0.2, 0.25) is 5.02 Å². The summed E-state index contributed by atoms with van der Waals surface area (Å²) in [5, 5.41) is 15.4. The normalized spacial score (nSPS) is 15.8. The number of aromatic nitrogens is 1. The summed E-state index contributed by atoms with van der Waals surface area (Å²) in [6.07, 6.45) is 6.04. The zero-order valence-electron chi connectivity index (χ0n) is 16.9. The van der Waals surface area contributed by atoms with Crippen LogP contribution in [0.4, 0.5) is 5.69 Å². The van der Waals surface area contributed by atoms with E-state index in [-0.39, 0.29) is 17.4 Å². The minimum atomic E-state index is -0.822. The van der Waals surface area contributed by atoms with Gasteiger partial charge in [0, 0.05) is 39.2 Å². The van der Waals surface area contributed by atoms with Crippen molar-refractivity contribution in [1.29, 1.82) is 0 Å². The van der Waals surface area contributed by atoms with Crippen molar-refractivity contribution in [1.82, 2.24) is 4.57 Å². The maximum Gasteiger partial charge on any atom is 0.260 e. The van der Waals surface area contributed by atoms with Crippen LogP contribution in [0, 0.1) is 12.8 Å². The summed E-state index contributed by atoms with van der Waals surface area (Å²) in [6, 6.07) is 12.1. The zero-order chi connectivity index (χ0) is 21.3. The van der Waals surface area contributed by atoms with Gasteiger partial charge < -0.3 is 10.4 Å². The van der Waals surface area contributed by atoms with Crippen molar-refractivity contribution in [3.63, 3.8) is 0 Å². The molecule has 6 heteroatoms. The number of carbonyl (C=O) groups is 1. The molecule has 1 fully saturated rings. The van der Waals surface area contributed by atoms with Crippen LogP contribution < -0.4 is 10.9 Å². The first-order valence-corrected chi connectivity index (χ1v) is 10.7. The molecule has 1 heterocycles. The molecule has 0 radical (unpaired) electrons. The van der Waals surface area contributed by atoms with Crippen LogP contribution in [0.15, 0.2) is 53.5 Å². The van der Waals surface area contributed by atoms with Crippen LogP contribution in [0.25, 0.3) is 10.8 Å². The monoisotopic (exact) mass is 424 g/mol. The Hall–Kier alpha value is -2.63. The first-order valence-electron chi connectivity index (χ1n) is 10.3. The number of pyridine rings is 1. The fraction of sp³-hybridized carbons (Fsp3) is 0.333. The van der Waals surface area contributed by atoms with Gasteiger partial charge in [-0.2, -0.15) is 0 Å². The number of fused-ring (bicyclic) bond motifs is 1. The molecular formula is C24H25ClN2O3. The molecule has 0 spiro atoms. The van der Waals surface area contributed by atoms with E-state index in [0.717, 1.165) is 31.2 Å². The number of amides is 1. The van der Waals surface area contributed by atoms with E-state index in [4.69, 9.17) is 11.6 Å². The van der Waals surface area contributed by atoms with Gasteiger partial charge in [0.25, 0.3) is 11.5 Å². The van der Waals surface area contributed by atoms with E-state index in [2.05, 4.69) is 5.32 Å². The standard InChI is InChI=1S/C24H25ClN2O3/c1-15-14-17(10-11-20(15)25)22(28)26-21-9-5-8-19-18(21)12-13-27(24(19)30)23(29)16-6-3-2-4-7-16/h5,8-14,16,23,29H,2-4,6-7H2,1H3,(H,26,28). The van der Waals surface area contributed by atoms with Gasteiger partial charge in [-0.05, 0) is 61.7 Å². The fourth-order valence-corrected chi connectivity index (χ4v) is 4.37. The molecule has 0 saturated heterocycles. The van der Waals surface area contributed by atoms with Gasteiger partial charge in [0.2, 0.25) is 0 Å².